The van der Waals surface area contributed by atoms with Gasteiger partial charge in [-0.25, -0.2) is 4.98 Å². The molecule has 0 aromatic carbocycles. The minimum atomic E-state index is 0.506. The zero-order valence-corrected chi connectivity index (χ0v) is 9.02. The maximum atomic E-state index is 5.67. The number of nitrogens with zero attached hydrogens (tertiary/aromatic N) is 2. The minimum absolute atomic E-state index is 0.506. The van der Waals surface area contributed by atoms with Crippen molar-refractivity contribution in [2.24, 2.45) is 0 Å². The number of halogens is 1. The number of thiazole rings is 1. The molecule has 0 aliphatic rings. The fourth-order valence-electron chi connectivity index (χ4n) is 0.998. The van der Waals surface area contributed by atoms with E-state index in [2.05, 4.69) is 15.5 Å². The Bertz CT molecular complexity index is 385. The molecular weight excluding hydrogens is 222 g/mol. The summed E-state index contributed by atoms with van der Waals surface area (Å²) >= 11 is 7.13. The molecule has 0 aliphatic heterocycles. The van der Waals surface area contributed by atoms with E-state index >= 15 is 0 Å². The van der Waals surface area contributed by atoms with Crippen LogP contribution in [-0.4, -0.2) is 10.1 Å². The van der Waals surface area contributed by atoms with Gasteiger partial charge in [-0.2, -0.15) is 0 Å². The van der Waals surface area contributed by atoms with E-state index in [0.29, 0.717) is 11.7 Å². The molecule has 2 rings (SSSR count). The summed E-state index contributed by atoms with van der Waals surface area (Å²) in [7, 11) is 0. The van der Waals surface area contributed by atoms with Crippen LogP contribution in [0, 0.1) is 6.92 Å². The Morgan fingerprint density at radius 1 is 1.64 bits per heavy atom. The van der Waals surface area contributed by atoms with E-state index in [4.69, 9.17) is 16.1 Å². The lowest BCUT2D eigenvalue weighted by Crippen LogP contribution is -1.96. The zero-order valence-electron chi connectivity index (χ0n) is 7.45. The Labute approximate surface area is 89.9 Å². The van der Waals surface area contributed by atoms with Crippen molar-refractivity contribution in [3.8, 4) is 0 Å². The molecule has 0 fully saturated rings. The molecule has 0 saturated carbocycles. The van der Waals surface area contributed by atoms with Crippen molar-refractivity contribution in [1.29, 1.82) is 0 Å². The van der Waals surface area contributed by atoms with Gasteiger partial charge in [0.25, 0.3) is 0 Å². The first-order chi connectivity index (χ1) is 6.74. The van der Waals surface area contributed by atoms with Crippen molar-refractivity contribution in [1.82, 2.24) is 10.1 Å². The van der Waals surface area contributed by atoms with E-state index in [0.717, 1.165) is 16.6 Å². The van der Waals surface area contributed by atoms with Crippen molar-refractivity contribution in [3.63, 3.8) is 0 Å². The van der Waals surface area contributed by atoms with Crippen LogP contribution >= 0.6 is 22.9 Å². The third-order valence-corrected chi connectivity index (χ3v) is 2.69. The maximum absolute atomic E-state index is 5.67. The van der Waals surface area contributed by atoms with Gasteiger partial charge in [-0.3, -0.25) is 0 Å². The molecule has 0 aliphatic carbocycles. The summed E-state index contributed by atoms with van der Waals surface area (Å²) in [6.45, 7) is 2.46. The lowest BCUT2D eigenvalue weighted by Gasteiger charge is -1.96. The van der Waals surface area contributed by atoms with Gasteiger partial charge in [-0.15, -0.1) is 11.3 Å². The van der Waals surface area contributed by atoms with Crippen LogP contribution in [0.2, 0.25) is 5.15 Å². The fraction of sp³-hybridized carbons (Fsp3) is 0.250. The van der Waals surface area contributed by atoms with E-state index in [-0.39, 0.29) is 0 Å². The first-order valence-corrected chi connectivity index (χ1v) is 5.27. The molecule has 0 unspecified atom stereocenters. The second-order valence-electron chi connectivity index (χ2n) is 2.76. The molecule has 2 aromatic heterocycles. The molecule has 14 heavy (non-hydrogen) atoms. The normalized spacial score (nSPS) is 10.4. The summed E-state index contributed by atoms with van der Waals surface area (Å²) in [6, 6.07) is 1.88. The molecule has 74 valence electrons. The number of hydrogen-bond donors (Lipinski definition) is 1. The van der Waals surface area contributed by atoms with Crippen molar-refractivity contribution < 1.29 is 4.52 Å². The second kappa shape index (κ2) is 3.98. The van der Waals surface area contributed by atoms with Gasteiger partial charge in [0.15, 0.2) is 10.9 Å². The SMILES string of the molecule is Cc1cc(CNc2nc(Cl)cs2)on1. The van der Waals surface area contributed by atoms with Gasteiger partial charge in [0, 0.05) is 11.4 Å². The Hall–Kier alpha value is -1.07. The highest BCUT2D eigenvalue weighted by Crippen LogP contribution is 2.19. The molecule has 0 radical (unpaired) electrons. The lowest BCUT2D eigenvalue weighted by atomic mass is 10.4. The average molecular weight is 230 g/mol. The summed E-state index contributed by atoms with van der Waals surface area (Å²) in [5.41, 5.74) is 0.874. The zero-order chi connectivity index (χ0) is 9.97. The molecule has 6 heteroatoms. The van der Waals surface area contributed by atoms with Crippen LogP contribution in [0.15, 0.2) is 16.0 Å². The van der Waals surface area contributed by atoms with Crippen molar-refractivity contribution in [3.05, 3.63) is 28.1 Å². The smallest absolute Gasteiger partial charge is 0.184 e. The quantitative estimate of drug-likeness (QED) is 0.879. The summed E-state index contributed by atoms with van der Waals surface area (Å²) in [6.07, 6.45) is 0. The number of aryl methyl sites for hydroxylation is 1. The van der Waals surface area contributed by atoms with Gasteiger partial charge in [-0.05, 0) is 6.92 Å². The Morgan fingerprint density at radius 2 is 2.50 bits per heavy atom. The number of anilines is 1. The highest BCUT2D eigenvalue weighted by molar-refractivity contribution is 7.14. The first kappa shape index (κ1) is 9.48. The molecule has 1 N–H and O–H groups in total. The standard InChI is InChI=1S/C8H8ClN3OS/c1-5-2-6(13-12-5)3-10-8-11-7(9)4-14-8/h2,4H,3H2,1H3,(H,10,11). The summed E-state index contributed by atoms with van der Waals surface area (Å²) in [4.78, 5) is 4.04. The van der Waals surface area contributed by atoms with E-state index in [1.165, 1.54) is 11.3 Å². The van der Waals surface area contributed by atoms with Crippen LogP contribution in [0.4, 0.5) is 5.13 Å². The molecule has 0 amide bonds. The lowest BCUT2D eigenvalue weighted by molar-refractivity contribution is 0.384. The predicted molar refractivity (Wildman–Crippen MR) is 55.7 cm³/mol. The number of nitrogens with one attached hydrogen (secondary N) is 1. The number of hydrogen-bond acceptors (Lipinski definition) is 5. The maximum Gasteiger partial charge on any atom is 0.184 e. The van der Waals surface area contributed by atoms with Gasteiger partial charge in [0.1, 0.15) is 5.15 Å². The van der Waals surface area contributed by atoms with Crippen LogP contribution in [0.25, 0.3) is 0 Å². The van der Waals surface area contributed by atoms with E-state index in [1.807, 2.05) is 13.0 Å². The van der Waals surface area contributed by atoms with E-state index in [1.54, 1.807) is 5.38 Å². The first-order valence-electron chi connectivity index (χ1n) is 4.01. The van der Waals surface area contributed by atoms with Gasteiger partial charge < -0.3 is 9.84 Å². The molecule has 2 heterocycles. The van der Waals surface area contributed by atoms with Gasteiger partial charge >= 0.3 is 0 Å². The Kier molecular flexibility index (Phi) is 2.69. The molecule has 0 saturated heterocycles. The molecule has 4 nitrogen and oxygen atoms in total. The van der Waals surface area contributed by atoms with Gasteiger partial charge in [0.2, 0.25) is 0 Å². The summed E-state index contributed by atoms with van der Waals surface area (Å²) in [5, 5.41) is 9.92. The van der Waals surface area contributed by atoms with Crippen molar-refractivity contribution >= 4 is 28.1 Å². The van der Waals surface area contributed by atoms with Crippen LogP contribution in [0.1, 0.15) is 11.5 Å². The minimum Gasteiger partial charge on any atom is -0.359 e. The third kappa shape index (κ3) is 2.24. The number of rotatable bonds is 3. The van der Waals surface area contributed by atoms with E-state index < -0.39 is 0 Å². The van der Waals surface area contributed by atoms with Crippen LogP contribution in [-0.2, 0) is 6.54 Å². The number of aromatic nitrogens is 2. The third-order valence-electron chi connectivity index (χ3n) is 1.57. The average Bonchev–Trinajstić information content (AvgIpc) is 2.72. The largest absolute Gasteiger partial charge is 0.359 e. The van der Waals surface area contributed by atoms with Crippen LogP contribution in [0.5, 0.6) is 0 Å². The highest BCUT2D eigenvalue weighted by atomic mass is 35.5. The van der Waals surface area contributed by atoms with Crippen LogP contribution < -0.4 is 5.32 Å². The highest BCUT2D eigenvalue weighted by Gasteiger charge is 2.02. The molecule has 0 atom stereocenters. The topological polar surface area (TPSA) is 51.0 Å². The monoisotopic (exact) mass is 229 g/mol. The van der Waals surface area contributed by atoms with Crippen molar-refractivity contribution in [2.45, 2.75) is 13.5 Å². The van der Waals surface area contributed by atoms with Gasteiger partial charge in [0.05, 0.1) is 12.2 Å². The van der Waals surface area contributed by atoms with Crippen LogP contribution in [0.3, 0.4) is 0 Å². The Balaban J connectivity index is 1.94. The molecule has 2 aromatic rings. The second-order valence-corrected chi connectivity index (χ2v) is 4.01. The van der Waals surface area contributed by atoms with E-state index in [9.17, 15) is 0 Å². The Morgan fingerprint density at radius 3 is 3.07 bits per heavy atom. The van der Waals surface area contributed by atoms with Gasteiger partial charge in [-0.1, -0.05) is 16.8 Å². The fourth-order valence-corrected chi connectivity index (χ4v) is 1.83. The molecular formula is C8H8ClN3OS. The predicted octanol–water partition coefficient (Wildman–Crippen LogP) is 2.71. The summed E-state index contributed by atoms with van der Waals surface area (Å²) < 4.78 is 5.02. The summed E-state index contributed by atoms with van der Waals surface area (Å²) in [5.74, 6) is 0.786. The molecule has 0 spiro atoms. The van der Waals surface area contributed by atoms with Crippen molar-refractivity contribution in [2.75, 3.05) is 5.32 Å². The molecule has 0 bridgehead atoms.